The van der Waals surface area contributed by atoms with Crippen molar-refractivity contribution in [3.05, 3.63) is 11.6 Å². The van der Waals surface area contributed by atoms with Gasteiger partial charge in [-0.15, -0.1) is 0 Å². The number of rotatable bonds is 14. The van der Waals surface area contributed by atoms with Crippen molar-refractivity contribution in [3.8, 4) is 0 Å². The third kappa shape index (κ3) is 9.33. The maximum absolute atomic E-state index is 14.4. The van der Waals surface area contributed by atoms with Crippen LogP contribution in [0.3, 0.4) is 0 Å². The minimum atomic E-state index is -3.92. The highest BCUT2D eigenvalue weighted by Gasteiger charge is 2.70. The molecule has 0 saturated heterocycles. The Morgan fingerprint density at radius 1 is 0.840 bits per heavy atom. The van der Waals surface area contributed by atoms with Crippen LogP contribution in [0.15, 0.2) is 22.0 Å². The van der Waals surface area contributed by atoms with E-state index >= 15 is 0 Å². The van der Waals surface area contributed by atoms with E-state index in [-0.39, 0.29) is 23.5 Å². The van der Waals surface area contributed by atoms with Crippen LogP contribution in [-0.4, -0.2) is 77.2 Å². The number of hydrogen-bond donors (Lipinski definition) is 0. The van der Waals surface area contributed by atoms with E-state index in [9.17, 15) is 4.89 Å². The Morgan fingerprint density at radius 2 is 1.46 bits per heavy atom. The molecule has 15 heteroatoms. The Labute approximate surface area is 308 Å². The number of hydrogen-bond acceptors (Lipinski definition) is 10. The van der Waals surface area contributed by atoms with Gasteiger partial charge in [-0.25, -0.2) is 8.43 Å². The smallest absolute Gasteiger partial charge is 0.356 e. The molecule has 0 radical (unpaired) electrons. The van der Waals surface area contributed by atoms with E-state index in [1.165, 1.54) is 5.57 Å². The second kappa shape index (κ2) is 14.8. The van der Waals surface area contributed by atoms with Gasteiger partial charge in [-0.2, -0.15) is 4.52 Å². The number of oxime groups is 2. The topological polar surface area (TPSA) is 112 Å². The SMILES string of the molecule is CO/N=C1\C=C2CC[C@@H]3[C@H]([C@@H](O[Si](C)(C)C)C[C@@]4(C)[C@H]3CC[C@]4(O[Si](C)(C)C)/C(CO[P+]([O-])(O[Si](C)(C)C)O[Si](C)(C)C)=N\OC)[C@@]2(C)CC1. The molecule has 3 saturated carbocycles. The first-order valence-electron chi connectivity index (χ1n) is 18.7. The maximum Gasteiger partial charge on any atom is 0.356 e. The van der Waals surface area contributed by atoms with Crippen LogP contribution in [0.25, 0.3) is 0 Å². The number of fused-ring (bicyclic) bond motifs is 5. The lowest BCUT2D eigenvalue weighted by Crippen LogP contribution is -2.65. The minimum Gasteiger partial charge on any atom is -0.607 e. The Bertz CT molecular complexity index is 1310. The molecule has 0 aromatic carbocycles. The predicted octanol–water partition coefficient (Wildman–Crippen LogP) is 9.13. The molecular formula is C35H69N2O8PSi4. The molecule has 0 spiro atoms. The highest BCUT2D eigenvalue weighted by atomic mass is 31.2. The fourth-order valence-electron chi connectivity index (χ4n) is 9.84. The van der Waals surface area contributed by atoms with Gasteiger partial charge in [0.2, 0.25) is 16.6 Å². The summed E-state index contributed by atoms with van der Waals surface area (Å²) in [4.78, 5) is 25.2. The summed E-state index contributed by atoms with van der Waals surface area (Å²) in [6.07, 6.45) is 9.08. The minimum absolute atomic E-state index is 0.0216. The standard InChI is InChI=1S/C35H69N2O8PSi4/c1-33-21-19-27(36-39-3)23-26(33)17-18-28-29-20-22-35(43-48(8,9)10,34(29,2)24-30(32(28)33)42-47(5,6)7)31(37-40-4)25-41-46(38,44-49(11,12)13)45-50(14,15)16/h23,28-30,32H,17-22,24-25H2,1-16H3/b36-27-,37-31-/t28-,29-,30-,32+,33-,34-,35-/m0/s1. The van der Waals surface area contributed by atoms with E-state index in [0.717, 1.165) is 50.7 Å². The molecule has 10 nitrogen and oxygen atoms in total. The van der Waals surface area contributed by atoms with Gasteiger partial charge in [0, 0.05) is 11.5 Å². The van der Waals surface area contributed by atoms with Gasteiger partial charge < -0.3 is 23.4 Å². The van der Waals surface area contributed by atoms with E-state index in [2.05, 4.69) is 64.4 Å². The van der Waals surface area contributed by atoms with Crippen LogP contribution < -0.4 is 4.89 Å². The van der Waals surface area contributed by atoms with Crippen molar-refractivity contribution in [1.82, 2.24) is 0 Å². The molecule has 0 amide bonds. The zero-order valence-electron chi connectivity index (χ0n) is 34.2. The highest BCUT2D eigenvalue weighted by Crippen LogP contribution is 2.70. The predicted molar refractivity (Wildman–Crippen MR) is 213 cm³/mol. The van der Waals surface area contributed by atoms with Crippen molar-refractivity contribution >= 4 is 52.9 Å². The maximum atomic E-state index is 14.4. The zero-order chi connectivity index (χ0) is 37.8. The number of nitrogens with zero attached hydrogens (tertiary/aromatic N) is 2. The van der Waals surface area contributed by atoms with Gasteiger partial charge in [-0.1, -0.05) is 29.7 Å². The lowest BCUT2D eigenvalue weighted by atomic mass is 9.45. The van der Waals surface area contributed by atoms with E-state index in [1.54, 1.807) is 14.2 Å². The molecular weight excluding hydrogens is 720 g/mol. The lowest BCUT2D eigenvalue weighted by molar-refractivity contribution is -0.231. The van der Waals surface area contributed by atoms with Gasteiger partial charge in [-0.3, -0.25) is 0 Å². The molecule has 0 N–H and O–H groups in total. The summed E-state index contributed by atoms with van der Waals surface area (Å²) in [7, 11) is -9.52. The molecule has 0 heterocycles. The van der Waals surface area contributed by atoms with E-state index in [1.807, 2.05) is 39.3 Å². The van der Waals surface area contributed by atoms with Crippen molar-refractivity contribution in [2.45, 2.75) is 149 Å². The molecule has 0 bridgehead atoms. The van der Waals surface area contributed by atoms with Crippen LogP contribution in [0, 0.1) is 28.6 Å². The highest BCUT2D eigenvalue weighted by molar-refractivity contribution is 7.57. The summed E-state index contributed by atoms with van der Waals surface area (Å²) in [5.41, 5.74) is 2.06. The van der Waals surface area contributed by atoms with Crippen molar-refractivity contribution < 1.29 is 36.4 Å². The van der Waals surface area contributed by atoms with Crippen molar-refractivity contribution in [2.75, 3.05) is 20.8 Å². The molecule has 4 rings (SSSR count). The lowest BCUT2D eigenvalue weighted by Gasteiger charge is -2.63. The summed E-state index contributed by atoms with van der Waals surface area (Å²) < 4.78 is 33.6. The Morgan fingerprint density at radius 3 is 1.98 bits per heavy atom. The second-order valence-electron chi connectivity index (χ2n) is 19.5. The van der Waals surface area contributed by atoms with Crippen molar-refractivity contribution in [3.63, 3.8) is 0 Å². The van der Waals surface area contributed by atoms with Crippen LogP contribution >= 0.6 is 8.17 Å². The molecule has 3 fully saturated rings. The second-order valence-corrected chi connectivity index (χ2v) is 39.5. The normalized spacial score (nSPS) is 34.9. The van der Waals surface area contributed by atoms with Gasteiger partial charge in [0.25, 0.3) is 0 Å². The zero-order valence-corrected chi connectivity index (χ0v) is 39.0. The number of allylic oxidation sites excluding steroid dienone is 2. The molecule has 288 valence electrons. The van der Waals surface area contributed by atoms with Gasteiger partial charge in [0.15, 0.2) is 16.6 Å². The fraction of sp³-hybridized carbons (Fsp3) is 0.886. The van der Waals surface area contributed by atoms with E-state index in [0.29, 0.717) is 23.5 Å². The third-order valence-electron chi connectivity index (χ3n) is 11.0. The van der Waals surface area contributed by atoms with Crippen LogP contribution in [0.5, 0.6) is 0 Å². The van der Waals surface area contributed by atoms with Crippen LogP contribution in [0.2, 0.25) is 78.6 Å². The Kier molecular flexibility index (Phi) is 12.5. The number of phosphoric acid groups is 1. The Hall–Kier alpha value is -0.262. The van der Waals surface area contributed by atoms with E-state index in [4.69, 9.17) is 36.6 Å². The van der Waals surface area contributed by atoms with Crippen LogP contribution in [-0.2, 0) is 31.5 Å². The third-order valence-corrected chi connectivity index (χ3v) is 19.6. The summed E-state index contributed by atoms with van der Waals surface area (Å²) in [6, 6.07) is 0. The molecule has 4 aliphatic carbocycles. The first-order valence-corrected chi connectivity index (χ1v) is 33.7. The molecule has 7 atom stereocenters. The van der Waals surface area contributed by atoms with Gasteiger partial charge in [0.1, 0.15) is 32.1 Å². The molecule has 4 aliphatic rings. The van der Waals surface area contributed by atoms with Gasteiger partial charge >= 0.3 is 8.17 Å². The average Bonchev–Trinajstić information content (AvgIpc) is 3.19. The molecule has 0 aromatic heterocycles. The average molecular weight is 789 g/mol. The fourth-order valence-corrected chi connectivity index (χ4v) is 19.0. The Balaban J connectivity index is 1.83. The first kappa shape index (κ1) is 42.5. The quantitative estimate of drug-likeness (QED) is 0.0742. The molecule has 0 unspecified atom stereocenters. The van der Waals surface area contributed by atoms with Crippen molar-refractivity contribution in [1.29, 1.82) is 0 Å². The summed E-state index contributed by atoms with van der Waals surface area (Å²) in [5.74, 6) is 1.21. The van der Waals surface area contributed by atoms with Crippen LogP contribution in [0.4, 0.5) is 0 Å². The summed E-state index contributed by atoms with van der Waals surface area (Å²) in [6.45, 7) is 30.5. The monoisotopic (exact) mass is 788 g/mol. The molecule has 0 aromatic rings. The van der Waals surface area contributed by atoms with Crippen LogP contribution in [0.1, 0.15) is 58.8 Å². The molecule has 50 heavy (non-hydrogen) atoms. The van der Waals surface area contributed by atoms with Crippen molar-refractivity contribution in [2.24, 2.45) is 38.9 Å². The summed E-state index contributed by atoms with van der Waals surface area (Å²) >= 11 is 0. The summed E-state index contributed by atoms with van der Waals surface area (Å²) in [5, 5.41) is 9.07. The molecule has 0 aliphatic heterocycles. The largest absolute Gasteiger partial charge is 0.607 e. The van der Waals surface area contributed by atoms with E-state index < -0.39 is 47.0 Å². The van der Waals surface area contributed by atoms with Gasteiger partial charge in [0.05, 0.1) is 5.71 Å². The first-order chi connectivity index (χ1) is 22.7. The van der Waals surface area contributed by atoms with Gasteiger partial charge in [-0.05, 0) is 153 Å².